The van der Waals surface area contributed by atoms with E-state index in [1.54, 1.807) is 30.3 Å². The van der Waals surface area contributed by atoms with Crippen molar-refractivity contribution in [3.8, 4) is 22.3 Å². The Morgan fingerprint density at radius 3 is 1.76 bits per heavy atom. The molecule has 0 radical (unpaired) electrons. The minimum Gasteiger partial charge on any atom is -0.329 e. The predicted octanol–water partition coefficient (Wildman–Crippen LogP) is 1.09. The second-order valence-corrected chi connectivity index (χ2v) is 4.42. The Bertz CT molecular complexity index is 966. The second-order valence-electron chi connectivity index (χ2n) is 4.42. The summed E-state index contributed by atoms with van der Waals surface area (Å²) in [6, 6.07) is 8.05. The van der Waals surface area contributed by atoms with Crippen molar-refractivity contribution in [1.29, 1.82) is 0 Å². The van der Waals surface area contributed by atoms with E-state index < -0.39 is 5.56 Å². The van der Waals surface area contributed by atoms with Crippen LogP contribution in [0.4, 0.5) is 0 Å². The average molecular weight is 281 g/mol. The highest BCUT2D eigenvalue weighted by Gasteiger charge is 2.15. The monoisotopic (exact) mass is 281 g/mol. The van der Waals surface area contributed by atoms with Crippen LogP contribution in [-0.2, 0) is 0 Å². The molecule has 0 aliphatic rings. The normalized spacial score (nSPS) is 10.5. The van der Waals surface area contributed by atoms with Gasteiger partial charge in [0, 0.05) is 29.7 Å². The number of rotatable bonds is 2. The lowest BCUT2D eigenvalue weighted by molar-refractivity contribution is 1.19. The third-order valence-electron chi connectivity index (χ3n) is 3.16. The van der Waals surface area contributed by atoms with E-state index in [0.717, 1.165) is 0 Å². The number of nitrogens with one attached hydrogen (secondary N) is 3. The molecule has 0 bridgehead atoms. The molecule has 3 aromatic rings. The van der Waals surface area contributed by atoms with Crippen molar-refractivity contribution < 1.29 is 0 Å². The van der Waals surface area contributed by atoms with E-state index in [0.29, 0.717) is 11.1 Å². The topological polar surface area (TPSA) is 98.6 Å². The Balaban J connectivity index is 2.40. The number of pyridine rings is 3. The van der Waals surface area contributed by atoms with Gasteiger partial charge in [-0.25, -0.2) is 0 Å². The summed E-state index contributed by atoms with van der Waals surface area (Å²) in [7, 11) is 0. The van der Waals surface area contributed by atoms with Crippen molar-refractivity contribution in [2.45, 2.75) is 0 Å². The standard InChI is InChI=1S/C15H11N3O3/c19-13-10(3-1-6-16-13)9-5-8-18-15(21)12(9)11-4-2-7-17-14(11)20/h1-8H,(H,16,19)(H,17,20)(H,18,21). The summed E-state index contributed by atoms with van der Waals surface area (Å²) in [5.74, 6) is 0. The van der Waals surface area contributed by atoms with Crippen molar-refractivity contribution in [3.05, 3.63) is 80.0 Å². The van der Waals surface area contributed by atoms with Crippen LogP contribution in [0.25, 0.3) is 22.3 Å². The molecule has 0 saturated heterocycles. The lowest BCUT2D eigenvalue weighted by atomic mass is 9.98. The summed E-state index contributed by atoms with van der Waals surface area (Å²) in [6.45, 7) is 0. The Morgan fingerprint density at radius 1 is 0.571 bits per heavy atom. The van der Waals surface area contributed by atoms with Gasteiger partial charge in [-0.2, -0.15) is 0 Å². The Kier molecular flexibility index (Phi) is 3.12. The number of aromatic amines is 3. The first-order chi connectivity index (χ1) is 10.2. The van der Waals surface area contributed by atoms with E-state index in [-0.39, 0.29) is 22.2 Å². The molecule has 0 atom stereocenters. The van der Waals surface area contributed by atoms with Crippen LogP contribution in [0.3, 0.4) is 0 Å². The minimum atomic E-state index is -0.424. The molecule has 0 aromatic carbocycles. The number of hydrogen-bond donors (Lipinski definition) is 3. The highest BCUT2D eigenvalue weighted by molar-refractivity contribution is 5.81. The molecule has 3 rings (SSSR count). The first-order valence-electron chi connectivity index (χ1n) is 6.26. The van der Waals surface area contributed by atoms with E-state index in [1.807, 2.05) is 0 Å². The molecule has 3 aromatic heterocycles. The molecule has 0 unspecified atom stereocenters. The van der Waals surface area contributed by atoms with Crippen LogP contribution in [-0.4, -0.2) is 15.0 Å². The fourth-order valence-electron chi connectivity index (χ4n) is 2.22. The van der Waals surface area contributed by atoms with E-state index in [9.17, 15) is 14.4 Å². The van der Waals surface area contributed by atoms with Crippen molar-refractivity contribution in [1.82, 2.24) is 15.0 Å². The summed E-state index contributed by atoms with van der Waals surface area (Å²) < 4.78 is 0. The average Bonchev–Trinajstić information content (AvgIpc) is 2.49. The minimum absolute atomic E-state index is 0.177. The smallest absolute Gasteiger partial charge is 0.256 e. The quantitative estimate of drug-likeness (QED) is 0.655. The Morgan fingerprint density at radius 2 is 1.14 bits per heavy atom. The molecule has 3 heterocycles. The molecular weight excluding hydrogens is 270 g/mol. The van der Waals surface area contributed by atoms with Gasteiger partial charge in [0.25, 0.3) is 16.7 Å². The molecular formula is C15H11N3O3. The summed E-state index contributed by atoms with van der Waals surface area (Å²) in [5, 5.41) is 0. The molecule has 0 aliphatic heterocycles. The van der Waals surface area contributed by atoms with E-state index in [4.69, 9.17) is 0 Å². The second kappa shape index (κ2) is 5.09. The fraction of sp³-hybridized carbons (Fsp3) is 0. The summed E-state index contributed by atoms with van der Waals surface area (Å²) >= 11 is 0. The van der Waals surface area contributed by atoms with Crippen molar-refractivity contribution >= 4 is 0 Å². The maximum atomic E-state index is 12.2. The SMILES string of the molecule is O=c1[nH]cccc1-c1cc[nH]c(=O)c1-c1ccc[nH]c1=O. The van der Waals surface area contributed by atoms with Crippen LogP contribution in [0.2, 0.25) is 0 Å². The molecule has 0 saturated carbocycles. The molecule has 6 nitrogen and oxygen atoms in total. The molecule has 0 spiro atoms. The van der Waals surface area contributed by atoms with E-state index in [2.05, 4.69) is 15.0 Å². The molecule has 3 N–H and O–H groups in total. The molecule has 6 heteroatoms. The zero-order valence-electron chi connectivity index (χ0n) is 10.8. The Hall–Kier alpha value is -3.15. The number of hydrogen-bond acceptors (Lipinski definition) is 3. The Labute approximate surface area is 118 Å². The summed E-state index contributed by atoms with van der Waals surface area (Å²) in [6.07, 6.45) is 4.44. The third kappa shape index (κ3) is 2.23. The van der Waals surface area contributed by atoms with Crippen LogP contribution >= 0.6 is 0 Å². The molecule has 0 fully saturated rings. The van der Waals surface area contributed by atoms with Gasteiger partial charge >= 0.3 is 0 Å². The van der Waals surface area contributed by atoms with Crippen LogP contribution in [0.15, 0.2) is 63.3 Å². The van der Waals surface area contributed by atoms with Gasteiger partial charge in [0.15, 0.2) is 0 Å². The van der Waals surface area contributed by atoms with Gasteiger partial charge in [0.2, 0.25) is 0 Å². The molecule has 104 valence electrons. The van der Waals surface area contributed by atoms with E-state index >= 15 is 0 Å². The van der Waals surface area contributed by atoms with Crippen molar-refractivity contribution in [2.24, 2.45) is 0 Å². The van der Waals surface area contributed by atoms with Crippen LogP contribution < -0.4 is 16.7 Å². The van der Waals surface area contributed by atoms with Crippen molar-refractivity contribution in [3.63, 3.8) is 0 Å². The first-order valence-corrected chi connectivity index (χ1v) is 6.26. The summed E-state index contributed by atoms with van der Waals surface area (Å²) in [4.78, 5) is 43.7. The van der Waals surface area contributed by atoms with Crippen molar-refractivity contribution in [2.75, 3.05) is 0 Å². The van der Waals surface area contributed by atoms with Gasteiger partial charge in [-0.15, -0.1) is 0 Å². The number of aromatic nitrogens is 3. The molecule has 0 amide bonds. The molecule has 0 aliphatic carbocycles. The summed E-state index contributed by atoms with van der Waals surface area (Å²) in [5.41, 5.74) is 0.0137. The maximum absolute atomic E-state index is 12.2. The van der Waals surface area contributed by atoms with Gasteiger partial charge in [-0.05, 0) is 30.3 Å². The van der Waals surface area contributed by atoms with Gasteiger partial charge < -0.3 is 15.0 Å². The largest absolute Gasteiger partial charge is 0.329 e. The highest BCUT2D eigenvalue weighted by atomic mass is 16.1. The zero-order chi connectivity index (χ0) is 14.8. The predicted molar refractivity (Wildman–Crippen MR) is 79.2 cm³/mol. The van der Waals surface area contributed by atoms with Crippen LogP contribution in [0, 0.1) is 0 Å². The maximum Gasteiger partial charge on any atom is 0.256 e. The van der Waals surface area contributed by atoms with Crippen LogP contribution in [0.1, 0.15) is 0 Å². The lowest BCUT2D eigenvalue weighted by Gasteiger charge is -2.07. The van der Waals surface area contributed by atoms with E-state index in [1.165, 1.54) is 18.6 Å². The lowest BCUT2D eigenvalue weighted by Crippen LogP contribution is -2.18. The fourth-order valence-corrected chi connectivity index (χ4v) is 2.22. The van der Waals surface area contributed by atoms with Gasteiger partial charge in [-0.1, -0.05) is 0 Å². The van der Waals surface area contributed by atoms with Crippen LogP contribution in [0.5, 0.6) is 0 Å². The highest BCUT2D eigenvalue weighted by Crippen LogP contribution is 2.24. The van der Waals surface area contributed by atoms with Gasteiger partial charge in [0.1, 0.15) is 0 Å². The van der Waals surface area contributed by atoms with Gasteiger partial charge in [-0.3, -0.25) is 14.4 Å². The number of H-pyrrole nitrogens is 3. The first kappa shape index (κ1) is 12.9. The zero-order valence-corrected chi connectivity index (χ0v) is 10.8. The third-order valence-corrected chi connectivity index (χ3v) is 3.16. The van der Waals surface area contributed by atoms with Gasteiger partial charge in [0.05, 0.1) is 11.1 Å². The molecule has 21 heavy (non-hydrogen) atoms.